The first-order valence-electron chi connectivity index (χ1n) is 8.42. The largest absolute Gasteiger partial charge is 0.308 e. The molecule has 0 aliphatic heterocycles. The smallest absolute Gasteiger partial charge is 0.0328 e. The molecule has 1 fully saturated rings. The van der Waals surface area contributed by atoms with Crippen molar-refractivity contribution in [3.8, 4) is 0 Å². The van der Waals surface area contributed by atoms with Crippen LogP contribution in [0, 0.1) is 13.8 Å². The summed E-state index contributed by atoms with van der Waals surface area (Å²) < 4.78 is 0. The molecule has 1 aliphatic rings. The van der Waals surface area contributed by atoms with Gasteiger partial charge in [0.15, 0.2) is 0 Å². The van der Waals surface area contributed by atoms with Gasteiger partial charge in [-0.25, -0.2) is 0 Å². The van der Waals surface area contributed by atoms with Crippen molar-refractivity contribution in [3.05, 3.63) is 34.9 Å². The van der Waals surface area contributed by atoms with E-state index in [1.54, 1.807) is 0 Å². The molecular formula is C19H32N2. The zero-order valence-corrected chi connectivity index (χ0v) is 14.5. The zero-order valence-electron chi connectivity index (χ0n) is 14.5. The Kier molecular flexibility index (Phi) is 5.45. The summed E-state index contributed by atoms with van der Waals surface area (Å²) in [6.45, 7) is 7.76. The summed E-state index contributed by atoms with van der Waals surface area (Å²) in [6, 6.07) is 7.26. The molecule has 0 radical (unpaired) electrons. The highest BCUT2D eigenvalue weighted by molar-refractivity contribution is 5.31. The van der Waals surface area contributed by atoms with Crippen LogP contribution in [0.2, 0.25) is 0 Å². The minimum Gasteiger partial charge on any atom is -0.308 e. The number of nitrogens with one attached hydrogen (secondary N) is 1. The second kappa shape index (κ2) is 6.93. The Bertz CT molecular complexity index is 459. The van der Waals surface area contributed by atoms with E-state index in [0.717, 1.165) is 6.54 Å². The third kappa shape index (κ3) is 3.87. The van der Waals surface area contributed by atoms with Gasteiger partial charge in [0, 0.05) is 18.1 Å². The van der Waals surface area contributed by atoms with Gasteiger partial charge in [0.25, 0.3) is 0 Å². The lowest BCUT2D eigenvalue weighted by Gasteiger charge is -2.44. The van der Waals surface area contributed by atoms with Crippen LogP contribution in [0.4, 0.5) is 0 Å². The molecule has 2 nitrogen and oxygen atoms in total. The SMILES string of the molecule is Cc1ccc(C(C)NCC2(N(C)C)CCCCC2)cc1C. The Labute approximate surface area is 130 Å². The topological polar surface area (TPSA) is 15.3 Å². The van der Waals surface area contributed by atoms with Crippen molar-refractivity contribution in [2.24, 2.45) is 0 Å². The van der Waals surface area contributed by atoms with E-state index in [1.807, 2.05) is 0 Å². The highest BCUT2D eigenvalue weighted by atomic mass is 15.2. The van der Waals surface area contributed by atoms with Crippen LogP contribution >= 0.6 is 0 Å². The first-order chi connectivity index (χ1) is 9.94. The van der Waals surface area contributed by atoms with Crippen LogP contribution in [0.3, 0.4) is 0 Å². The molecule has 0 heterocycles. The molecule has 1 aromatic carbocycles. The molecule has 1 atom stereocenters. The van der Waals surface area contributed by atoms with Crippen molar-refractivity contribution >= 4 is 0 Å². The summed E-state index contributed by atoms with van der Waals surface area (Å²) >= 11 is 0. The van der Waals surface area contributed by atoms with Crippen molar-refractivity contribution in [1.82, 2.24) is 10.2 Å². The normalized spacial score (nSPS) is 19.7. The molecule has 1 aromatic rings. The van der Waals surface area contributed by atoms with E-state index in [1.165, 1.54) is 48.8 Å². The van der Waals surface area contributed by atoms with Crippen LogP contribution in [-0.2, 0) is 0 Å². The minimum atomic E-state index is 0.353. The van der Waals surface area contributed by atoms with Crippen molar-refractivity contribution in [2.45, 2.75) is 64.5 Å². The molecule has 1 unspecified atom stereocenters. The fourth-order valence-corrected chi connectivity index (χ4v) is 3.49. The predicted molar refractivity (Wildman–Crippen MR) is 91.8 cm³/mol. The van der Waals surface area contributed by atoms with Gasteiger partial charge < -0.3 is 10.2 Å². The number of rotatable bonds is 5. The lowest BCUT2D eigenvalue weighted by Crippen LogP contribution is -2.53. The standard InChI is InChI=1S/C19H32N2/c1-15-9-10-18(13-16(15)2)17(3)20-14-19(21(4)5)11-7-6-8-12-19/h9-10,13,17,20H,6-8,11-12,14H2,1-5H3. The summed E-state index contributed by atoms with van der Waals surface area (Å²) in [4.78, 5) is 2.45. The molecule has 0 amide bonds. The molecule has 0 aromatic heterocycles. The van der Waals surface area contributed by atoms with Gasteiger partial charge in [-0.3, -0.25) is 0 Å². The van der Waals surface area contributed by atoms with Gasteiger partial charge in [-0.15, -0.1) is 0 Å². The maximum absolute atomic E-state index is 3.80. The van der Waals surface area contributed by atoms with Gasteiger partial charge in [0.2, 0.25) is 0 Å². The molecule has 0 bridgehead atoms. The zero-order chi connectivity index (χ0) is 15.5. The number of nitrogens with zero attached hydrogens (tertiary/aromatic N) is 1. The second-order valence-corrected chi connectivity index (χ2v) is 7.13. The molecule has 1 aliphatic carbocycles. The van der Waals surface area contributed by atoms with Crippen molar-refractivity contribution in [1.29, 1.82) is 0 Å². The minimum absolute atomic E-state index is 0.353. The summed E-state index contributed by atoms with van der Waals surface area (Å²) in [5.41, 5.74) is 4.53. The first-order valence-corrected chi connectivity index (χ1v) is 8.42. The van der Waals surface area contributed by atoms with Gasteiger partial charge in [-0.05, 0) is 64.4 Å². The molecule has 0 saturated heterocycles. The van der Waals surface area contributed by atoms with Crippen LogP contribution in [-0.4, -0.2) is 31.1 Å². The quantitative estimate of drug-likeness (QED) is 0.872. The van der Waals surface area contributed by atoms with Crippen LogP contribution in [0.5, 0.6) is 0 Å². The van der Waals surface area contributed by atoms with Gasteiger partial charge in [-0.2, -0.15) is 0 Å². The fourth-order valence-electron chi connectivity index (χ4n) is 3.49. The molecule has 1 saturated carbocycles. The molecule has 118 valence electrons. The Morgan fingerprint density at radius 1 is 1.10 bits per heavy atom. The van der Waals surface area contributed by atoms with Crippen molar-refractivity contribution < 1.29 is 0 Å². The Hall–Kier alpha value is -0.860. The van der Waals surface area contributed by atoms with E-state index < -0.39 is 0 Å². The number of hydrogen-bond acceptors (Lipinski definition) is 2. The van der Waals surface area contributed by atoms with Crippen LogP contribution in [0.1, 0.15) is 61.8 Å². The Morgan fingerprint density at radius 2 is 1.76 bits per heavy atom. The molecule has 21 heavy (non-hydrogen) atoms. The second-order valence-electron chi connectivity index (χ2n) is 7.13. The number of benzene rings is 1. The van der Waals surface area contributed by atoms with Crippen LogP contribution in [0.15, 0.2) is 18.2 Å². The monoisotopic (exact) mass is 288 g/mol. The van der Waals surface area contributed by atoms with Gasteiger partial charge in [-0.1, -0.05) is 37.5 Å². The van der Waals surface area contributed by atoms with E-state index in [9.17, 15) is 0 Å². The fraction of sp³-hybridized carbons (Fsp3) is 0.684. The lowest BCUT2D eigenvalue weighted by atomic mass is 9.80. The Balaban J connectivity index is 2.01. The predicted octanol–water partition coefficient (Wildman–Crippen LogP) is 4.22. The highest BCUT2D eigenvalue weighted by Crippen LogP contribution is 2.32. The number of aryl methyl sites for hydroxylation is 2. The summed E-state index contributed by atoms with van der Waals surface area (Å²) in [6.07, 6.45) is 6.80. The maximum Gasteiger partial charge on any atom is 0.0328 e. The highest BCUT2D eigenvalue weighted by Gasteiger charge is 2.34. The average Bonchev–Trinajstić information content (AvgIpc) is 2.48. The van der Waals surface area contributed by atoms with E-state index in [2.05, 4.69) is 63.3 Å². The first kappa shape index (κ1) is 16.5. The molecule has 2 rings (SSSR count). The summed E-state index contributed by atoms with van der Waals surface area (Å²) in [5.74, 6) is 0. The maximum atomic E-state index is 3.80. The average molecular weight is 288 g/mol. The van der Waals surface area contributed by atoms with Gasteiger partial charge >= 0.3 is 0 Å². The van der Waals surface area contributed by atoms with Gasteiger partial charge in [0.05, 0.1) is 0 Å². The van der Waals surface area contributed by atoms with E-state index in [4.69, 9.17) is 0 Å². The Morgan fingerprint density at radius 3 is 2.33 bits per heavy atom. The molecule has 0 spiro atoms. The third-order valence-electron chi connectivity index (χ3n) is 5.50. The molecule has 1 N–H and O–H groups in total. The molecular weight excluding hydrogens is 256 g/mol. The lowest BCUT2D eigenvalue weighted by molar-refractivity contribution is 0.0958. The van der Waals surface area contributed by atoms with Crippen molar-refractivity contribution in [3.63, 3.8) is 0 Å². The molecule has 2 heteroatoms. The van der Waals surface area contributed by atoms with Crippen molar-refractivity contribution in [2.75, 3.05) is 20.6 Å². The van der Waals surface area contributed by atoms with Crippen LogP contribution < -0.4 is 5.32 Å². The summed E-state index contributed by atoms with van der Waals surface area (Å²) in [5, 5.41) is 3.80. The van der Waals surface area contributed by atoms with E-state index >= 15 is 0 Å². The summed E-state index contributed by atoms with van der Waals surface area (Å²) in [7, 11) is 4.49. The van der Waals surface area contributed by atoms with E-state index in [-0.39, 0.29) is 0 Å². The van der Waals surface area contributed by atoms with E-state index in [0.29, 0.717) is 11.6 Å². The number of hydrogen-bond donors (Lipinski definition) is 1. The third-order valence-corrected chi connectivity index (χ3v) is 5.50. The number of likely N-dealkylation sites (N-methyl/N-ethyl adjacent to an activating group) is 1. The van der Waals surface area contributed by atoms with Crippen LogP contribution in [0.25, 0.3) is 0 Å². The van der Waals surface area contributed by atoms with Gasteiger partial charge in [0.1, 0.15) is 0 Å².